The molecule has 0 atom stereocenters. The van der Waals surface area contributed by atoms with Crippen molar-refractivity contribution < 1.29 is 18.4 Å². The fourth-order valence-electron chi connectivity index (χ4n) is 1.81. The Bertz CT molecular complexity index is 809. The standard InChI is InChI=1S/C16H12FN3O3S/c17-12-4-2-11(3-5-12)14-8-13(20-23-14)9-22-15(21)10-24-16-18-6-1-7-19-16/h1-8H,9-10H2. The molecule has 8 heteroatoms. The molecule has 0 unspecified atom stereocenters. The van der Waals surface area contributed by atoms with Crippen LogP contribution in [0, 0.1) is 5.82 Å². The van der Waals surface area contributed by atoms with Crippen molar-refractivity contribution >= 4 is 17.7 Å². The number of hydrogen-bond acceptors (Lipinski definition) is 7. The highest BCUT2D eigenvalue weighted by Crippen LogP contribution is 2.21. The van der Waals surface area contributed by atoms with Gasteiger partial charge in [-0.3, -0.25) is 4.79 Å². The van der Waals surface area contributed by atoms with Gasteiger partial charge in [0.15, 0.2) is 10.9 Å². The highest BCUT2D eigenvalue weighted by molar-refractivity contribution is 7.99. The summed E-state index contributed by atoms with van der Waals surface area (Å²) in [6.07, 6.45) is 3.21. The summed E-state index contributed by atoms with van der Waals surface area (Å²) in [6.45, 7) is -0.000263. The molecule has 0 bridgehead atoms. The van der Waals surface area contributed by atoms with E-state index in [9.17, 15) is 9.18 Å². The maximum absolute atomic E-state index is 12.9. The monoisotopic (exact) mass is 345 g/mol. The molecular weight excluding hydrogens is 333 g/mol. The second-order valence-electron chi connectivity index (χ2n) is 4.67. The summed E-state index contributed by atoms with van der Waals surface area (Å²) in [6, 6.07) is 9.19. The minimum atomic E-state index is -0.404. The van der Waals surface area contributed by atoms with E-state index in [2.05, 4.69) is 15.1 Å². The van der Waals surface area contributed by atoms with Gasteiger partial charge < -0.3 is 9.26 Å². The van der Waals surface area contributed by atoms with Crippen LogP contribution in [-0.4, -0.2) is 26.8 Å². The number of aromatic nitrogens is 3. The van der Waals surface area contributed by atoms with Gasteiger partial charge in [0.2, 0.25) is 0 Å². The van der Waals surface area contributed by atoms with Gasteiger partial charge in [-0.25, -0.2) is 14.4 Å². The van der Waals surface area contributed by atoms with E-state index in [4.69, 9.17) is 9.26 Å². The molecule has 0 fully saturated rings. The van der Waals surface area contributed by atoms with Crippen LogP contribution in [0.1, 0.15) is 5.69 Å². The first-order valence-corrected chi connectivity index (χ1v) is 7.96. The summed E-state index contributed by atoms with van der Waals surface area (Å²) in [4.78, 5) is 19.7. The number of esters is 1. The average Bonchev–Trinajstić information content (AvgIpc) is 3.09. The van der Waals surface area contributed by atoms with Crippen molar-refractivity contribution in [2.75, 3.05) is 5.75 Å². The van der Waals surface area contributed by atoms with Gasteiger partial charge in [-0.2, -0.15) is 0 Å². The first-order valence-electron chi connectivity index (χ1n) is 6.98. The van der Waals surface area contributed by atoms with Crippen molar-refractivity contribution in [1.82, 2.24) is 15.1 Å². The molecule has 0 aliphatic heterocycles. The number of halogens is 1. The Labute approximate surface area is 141 Å². The lowest BCUT2D eigenvalue weighted by molar-refractivity contribution is -0.141. The lowest BCUT2D eigenvalue weighted by atomic mass is 10.1. The minimum absolute atomic E-state index is 0.000263. The second-order valence-corrected chi connectivity index (χ2v) is 5.61. The van der Waals surface area contributed by atoms with Crippen molar-refractivity contribution in [3.05, 3.63) is 60.3 Å². The lowest BCUT2D eigenvalue weighted by Gasteiger charge is -2.01. The van der Waals surface area contributed by atoms with Crippen LogP contribution in [0.15, 0.2) is 58.5 Å². The van der Waals surface area contributed by atoms with Crippen LogP contribution in [0.2, 0.25) is 0 Å². The number of nitrogens with zero attached hydrogens (tertiary/aromatic N) is 3. The molecule has 0 saturated heterocycles. The molecule has 3 rings (SSSR count). The zero-order chi connectivity index (χ0) is 16.8. The Morgan fingerprint density at radius 3 is 2.71 bits per heavy atom. The molecule has 3 aromatic rings. The van der Waals surface area contributed by atoms with Gasteiger partial charge in [0, 0.05) is 24.0 Å². The van der Waals surface area contributed by atoms with Crippen LogP contribution in [0.4, 0.5) is 4.39 Å². The highest BCUT2D eigenvalue weighted by atomic mass is 32.2. The smallest absolute Gasteiger partial charge is 0.316 e. The van der Waals surface area contributed by atoms with Crippen LogP contribution in [-0.2, 0) is 16.1 Å². The Kier molecular flexibility index (Phi) is 5.17. The summed E-state index contributed by atoms with van der Waals surface area (Å²) >= 11 is 1.19. The number of carbonyl (C=O) groups is 1. The van der Waals surface area contributed by atoms with Gasteiger partial charge in [-0.05, 0) is 30.3 Å². The van der Waals surface area contributed by atoms with Crippen molar-refractivity contribution in [3.8, 4) is 11.3 Å². The van der Waals surface area contributed by atoms with Gasteiger partial charge in [-0.15, -0.1) is 0 Å². The summed E-state index contributed by atoms with van der Waals surface area (Å²) < 4.78 is 23.2. The molecule has 2 aromatic heterocycles. The van der Waals surface area contributed by atoms with Gasteiger partial charge in [0.05, 0.1) is 5.75 Å². The van der Waals surface area contributed by atoms with Crippen LogP contribution < -0.4 is 0 Å². The molecule has 24 heavy (non-hydrogen) atoms. The van der Waals surface area contributed by atoms with E-state index in [1.165, 1.54) is 23.9 Å². The maximum Gasteiger partial charge on any atom is 0.316 e. The molecule has 0 aliphatic carbocycles. The third kappa shape index (κ3) is 4.39. The molecule has 0 spiro atoms. The molecule has 0 amide bonds. The Balaban J connectivity index is 1.50. The van der Waals surface area contributed by atoms with E-state index < -0.39 is 5.97 Å². The fraction of sp³-hybridized carbons (Fsp3) is 0.125. The zero-order valence-electron chi connectivity index (χ0n) is 12.4. The molecule has 122 valence electrons. The Hall–Kier alpha value is -2.74. The number of hydrogen-bond donors (Lipinski definition) is 0. The molecule has 0 radical (unpaired) electrons. The topological polar surface area (TPSA) is 78.1 Å². The lowest BCUT2D eigenvalue weighted by Crippen LogP contribution is -2.07. The molecule has 0 saturated carbocycles. The average molecular weight is 345 g/mol. The number of carbonyl (C=O) groups excluding carboxylic acids is 1. The van der Waals surface area contributed by atoms with E-state index in [1.54, 1.807) is 36.7 Å². The summed E-state index contributed by atoms with van der Waals surface area (Å²) in [5, 5.41) is 4.34. The van der Waals surface area contributed by atoms with E-state index in [0.717, 1.165) is 0 Å². The Morgan fingerprint density at radius 1 is 1.21 bits per heavy atom. The summed E-state index contributed by atoms with van der Waals surface area (Å²) in [5.41, 5.74) is 1.17. The van der Waals surface area contributed by atoms with Crippen molar-refractivity contribution in [2.45, 2.75) is 11.8 Å². The van der Waals surface area contributed by atoms with Crippen LogP contribution in [0.5, 0.6) is 0 Å². The molecule has 1 aromatic carbocycles. The largest absolute Gasteiger partial charge is 0.458 e. The molecule has 6 nitrogen and oxygen atoms in total. The van der Waals surface area contributed by atoms with Gasteiger partial charge in [-0.1, -0.05) is 16.9 Å². The number of rotatable bonds is 6. The molecular formula is C16H12FN3O3S. The maximum atomic E-state index is 12.9. The first kappa shape index (κ1) is 16.1. The Morgan fingerprint density at radius 2 is 1.96 bits per heavy atom. The van der Waals surface area contributed by atoms with Gasteiger partial charge >= 0.3 is 5.97 Å². The zero-order valence-corrected chi connectivity index (χ0v) is 13.2. The molecule has 0 aliphatic rings. The van der Waals surface area contributed by atoms with Crippen molar-refractivity contribution in [1.29, 1.82) is 0 Å². The van der Waals surface area contributed by atoms with Crippen LogP contribution in [0.3, 0.4) is 0 Å². The fourth-order valence-corrected chi connectivity index (χ4v) is 2.41. The SMILES string of the molecule is O=C(CSc1ncccn1)OCc1cc(-c2ccc(F)cc2)on1. The van der Waals surface area contributed by atoms with Gasteiger partial charge in [0.1, 0.15) is 18.1 Å². The van der Waals surface area contributed by atoms with E-state index in [0.29, 0.717) is 22.2 Å². The summed E-state index contributed by atoms with van der Waals surface area (Å²) in [7, 11) is 0. The normalized spacial score (nSPS) is 10.5. The number of thioether (sulfide) groups is 1. The third-order valence-corrected chi connectivity index (χ3v) is 3.78. The first-order chi connectivity index (χ1) is 11.7. The predicted octanol–water partition coefficient (Wildman–Crippen LogP) is 3.11. The third-order valence-electron chi connectivity index (χ3n) is 2.93. The number of benzene rings is 1. The summed E-state index contributed by atoms with van der Waals surface area (Å²) in [5.74, 6) is -0.147. The van der Waals surface area contributed by atoms with E-state index in [1.807, 2.05) is 0 Å². The molecule has 0 N–H and O–H groups in total. The minimum Gasteiger partial charge on any atom is -0.458 e. The van der Waals surface area contributed by atoms with Crippen molar-refractivity contribution in [2.24, 2.45) is 0 Å². The molecule has 2 heterocycles. The van der Waals surface area contributed by atoms with Crippen molar-refractivity contribution in [3.63, 3.8) is 0 Å². The van der Waals surface area contributed by atoms with Crippen LogP contribution in [0.25, 0.3) is 11.3 Å². The van der Waals surface area contributed by atoms with E-state index in [-0.39, 0.29) is 18.2 Å². The van der Waals surface area contributed by atoms with E-state index >= 15 is 0 Å². The predicted molar refractivity (Wildman–Crippen MR) is 84.4 cm³/mol. The van der Waals surface area contributed by atoms with Gasteiger partial charge in [0.25, 0.3) is 0 Å². The highest BCUT2D eigenvalue weighted by Gasteiger charge is 2.10. The second kappa shape index (κ2) is 7.69. The number of ether oxygens (including phenoxy) is 1. The van der Waals surface area contributed by atoms with Crippen LogP contribution >= 0.6 is 11.8 Å². The quantitative estimate of drug-likeness (QED) is 0.386.